The van der Waals surface area contributed by atoms with Crippen LogP contribution in [0.1, 0.15) is 37.3 Å². The van der Waals surface area contributed by atoms with Crippen molar-refractivity contribution in [2.45, 2.75) is 36.6 Å². The Balaban J connectivity index is 1.23. The molecule has 0 saturated carbocycles. The Hall–Kier alpha value is -3.10. The number of amides is 1. The fourth-order valence-corrected chi connectivity index (χ4v) is 5.72. The molecular formula is C26H28N2O5S. The Kier molecular flexibility index (Phi) is 6.43. The zero-order valence-corrected chi connectivity index (χ0v) is 19.7. The van der Waals surface area contributed by atoms with Crippen LogP contribution in [0.25, 0.3) is 10.8 Å². The van der Waals surface area contributed by atoms with Crippen molar-refractivity contribution in [1.29, 1.82) is 0 Å². The van der Waals surface area contributed by atoms with Gasteiger partial charge in [0.2, 0.25) is 15.9 Å². The van der Waals surface area contributed by atoms with E-state index in [4.69, 9.17) is 9.47 Å². The molecule has 2 heterocycles. The Labute approximate surface area is 199 Å². The summed E-state index contributed by atoms with van der Waals surface area (Å²) < 4.78 is 39.6. The second-order valence-corrected chi connectivity index (χ2v) is 10.4. The molecule has 1 N–H and O–H groups in total. The summed E-state index contributed by atoms with van der Waals surface area (Å²) >= 11 is 0. The highest BCUT2D eigenvalue weighted by Crippen LogP contribution is 2.38. The first-order valence-electron chi connectivity index (χ1n) is 11.7. The zero-order chi connectivity index (χ0) is 23.5. The number of benzene rings is 3. The van der Waals surface area contributed by atoms with Gasteiger partial charge in [-0.15, -0.1) is 0 Å². The van der Waals surface area contributed by atoms with Crippen molar-refractivity contribution in [2.75, 3.05) is 26.3 Å². The third-order valence-electron chi connectivity index (χ3n) is 6.39. The van der Waals surface area contributed by atoms with E-state index in [0.717, 1.165) is 47.1 Å². The van der Waals surface area contributed by atoms with Crippen LogP contribution in [0.3, 0.4) is 0 Å². The van der Waals surface area contributed by atoms with E-state index in [9.17, 15) is 13.2 Å². The van der Waals surface area contributed by atoms with Gasteiger partial charge in [0.05, 0.1) is 24.2 Å². The van der Waals surface area contributed by atoms with Crippen LogP contribution in [0.2, 0.25) is 0 Å². The quantitative estimate of drug-likeness (QED) is 0.576. The van der Waals surface area contributed by atoms with Crippen molar-refractivity contribution in [1.82, 2.24) is 9.62 Å². The number of sulfonamides is 1. The molecule has 7 nitrogen and oxygen atoms in total. The molecule has 8 heteroatoms. The van der Waals surface area contributed by atoms with Crippen LogP contribution >= 0.6 is 0 Å². The van der Waals surface area contributed by atoms with Crippen molar-refractivity contribution in [3.8, 4) is 11.5 Å². The standard InChI is InChI=1S/C26H28N2O5S/c29-26(12-13-27-34(30,31)22-10-8-19-5-1-2-6-20(19)17-22)28-14-3-7-23(28)21-9-11-24-25(18-21)33-16-4-15-32-24/h1-2,5-6,8-11,17-18,23,27H,3-4,7,12-16H2/t23-/m1/s1. The summed E-state index contributed by atoms with van der Waals surface area (Å²) in [7, 11) is -3.70. The van der Waals surface area contributed by atoms with Gasteiger partial charge >= 0.3 is 0 Å². The van der Waals surface area contributed by atoms with Crippen molar-refractivity contribution < 1.29 is 22.7 Å². The molecule has 3 aromatic carbocycles. The first-order valence-corrected chi connectivity index (χ1v) is 13.2. The predicted molar refractivity (Wildman–Crippen MR) is 129 cm³/mol. The minimum Gasteiger partial charge on any atom is -0.490 e. The summed E-state index contributed by atoms with van der Waals surface area (Å²) in [6.45, 7) is 1.96. The molecule has 1 saturated heterocycles. The van der Waals surface area contributed by atoms with Gasteiger partial charge in [-0.2, -0.15) is 0 Å². The molecule has 0 radical (unpaired) electrons. The number of ether oxygens (including phenoxy) is 2. The van der Waals surface area contributed by atoms with E-state index in [1.807, 2.05) is 47.4 Å². The number of nitrogens with zero attached hydrogens (tertiary/aromatic N) is 1. The van der Waals surface area contributed by atoms with Crippen LogP contribution in [-0.2, 0) is 14.8 Å². The molecule has 1 amide bonds. The smallest absolute Gasteiger partial charge is 0.240 e. The minimum atomic E-state index is -3.70. The van der Waals surface area contributed by atoms with Crippen LogP contribution in [0.4, 0.5) is 0 Å². The summed E-state index contributed by atoms with van der Waals surface area (Å²) in [5.74, 6) is 1.40. The summed E-state index contributed by atoms with van der Waals surface area (Å²) in [6.07, 6.45) is 2.73. The lowest BCUT2D eigenvalue weighted by Crippen LogP contribution is -2.34. The van der Waals surface area contributed by atoms with E-state index < -0.39 is 10.0 Å². The summed E-state index contributed by atoms with van der Waals surface area (Å²) in [5.41, 5.74) is 1.02. The largest absolute Gasteiger partial charge is 0.490 e. The van der Waals surface area contributed by atoms with Crippen molar-refractivity contribution in [2.24, 2.45) is 0 Å². The zero-order valence-electron chi connectivity index (χ0n) is 18.9. The van der Waals surface area contributed by atoms with Crippen LogP contribution in [0, 0.1) is 0 Å². The van der Waals surface area contributed by atoms with Gasteiger partial charge in [-0.05, 0) is 53.4 Å². The van der Waals surface area contributed by atoms with Gasteiger partial charge in [0.1, 0.15) is 0 Å². The third kappa shape index (κ3) is 4.74. The van der Waals surface area contributed by atoms with E-state index in [1.54, 1.807) is 18.2 Å². The number of hydrogen-bond donors (Lipinski definition) is 1. The lowest BCUT2D eigenvalue weighted by atomic mass is 10.0. The molecule has 3 aromatic rings. The highest BCUT2D eigenvalue weighted by Gasteiger charge is 2.30. The van der Waals surface area contributed by atoms with E-state index in [2.05, 4.69) is 4.72 Å². The lowest BCUT2D eigenvalue weighted by Gasteiger charge is -2.26. The highest BCUT2D eigenvalue weighted by atomic mass is 32.2. The molecule has 2 aliphatic heterocycles. The Morgan fingerprint density at radius 2 is 1.74 bits per heavy atom. The van der Waals surface area contributed by atoms with Gasteiger partial charge in [-0.1, -0.05) is 36.4 Å². The molecule has 178 valence electrons. The highest BCUT2D eigenvalue weighted by molar-refractivity contribution is 7.89. The van der Waals surface area contributed by atoms with Gasteiger partial charge in [0.15, 0.2) is 11.5 Å². The Morgan fingerprint density at radius 1 is 0.941 bits per heavy atom. The SMILES string of the molecule is O=C(CCNS(=O)(=O)c1ccc2ccccc2c1)N1CCC[C@@H]1c1ccc2c(c1)OCCCO2. The van der Waals surface area contributed by atoms with E-state index in [0.29, 0.717) is 19.8 Å². The number of likely N-dealkylation sites (tertiary alicyclic amines) is 1. The monoisotopic (exact) mass is 480 g/mol. The average Bonchev–Trinajstić information content (AvgIpc) is 3.22. The molecule has 0 aromatic heterocycles. The second kappa shape index (κ2) is 9.64. The number of carbonyl (C=O) groups excluding carboxylic acids is 1. The number of carbonyl (C=O) groups is 1. The molecule has 0 unspecified atom stereocenters. The predicted octanol–water partition coefficient (Wildman–Crippen LogP) is 4.03. The number of hydrogen-bond acceptors (Lipinski definition) is 5. The Bertz CT molecular complexity index is 1310. The van der Waals surface area contributed by atoms with Gasteiger partial charge in [0.25, 0.3) is 0 Å². The van der Waals surface area contributed by atoms with Gasteiger partial charge in [-0.3, -0.25) is 4.79 Å². The molecule has 1 atom stereocenters. The number of nitrogens with one attached hydrogen (secondary N) is 1. The van der Waals surface area contributed by atoms with Gasteiger partial charge in [0, 0.05) is 25.9 Å². The number of fused-ring (bicyclic) bond motifs is 2. The molecule has 0 bridgehead atoms. The molecule has 0 spiro atoms. The minimum absolute atomic E-state index is 0.0400. The Morgan fingerprint density at radius 3 is 2.59 bits per heavy atom. The lowest BCUT2D eigenvalue weighted by molar-refractivity contribution is -0.131. The molecule has 0 aliphatic carbocycles. The maximum absolute atomic E-state index is 13.0. The van der Waals surface area contributed by atoms with Crippen molar-refractivity contribution in [3.63, 3.8) is 0 Å². The molecule has 1 fully saturated rings. The van der Waals surface area contributed by atoms with E-state index >= 15 is 0 Å². The summed E-state index contributed by atoms with van der Waals surface area (Å²) in [6, 6.07) is 18.5. The topological polar surface area (TPSA) is 84.9 Å². The maximum Gasteiger partial charge on any atom is 0.240 e. The maximum atomic E-state index is 13.0. The molecule has 5 rings (SSSR count). The van der Waals surface area contributed by atoms with Crippen molar-refractivity contribution in [3.05, 3.63) is 66.2 Å². The van der Waals surface area contributed by atoms with Crippen LogP contribution in [-0.4, -0.2) is 45.5 Å². The van der Waals surface area contributed by atoms with Gasteiger partial charge in [-0.25, -0.2) is 13.1 Å². The van der Waals surface area contributed by atoms with Gasteiger partial charge < -0.3 is 14.4 Å². The second-order valence-electron chi connectivity index (χ2n) is 8.66. The third-order valence-corrected chi connectivity index (χ3v) is 7.85. The summed E-state index contributed by atoms with van der Waals surface area (Å²) in [5, 5.41) is 1.84. The van der Waals surface area contributed by atoms with E-state index in [1.165, 1.54) is 0 Å². The number of rotatable bonds is 6. The molecular weight excluding hydrogens is 452 g/mol. The van der Waals surface area contributed by atoms with E-state index in [-0.39, 0.29) is 29.8 Å². The first kappa shape index (κ1) is 22.7. The molecule has 2 aliphatic rings. The average molecular weight is 481 g/mol. The summed E-state index contributed by atoms with van der Waals surface area (Å²) in [4.78, 5) is 15.1. The fourth-order valence-electron chi connectivity index (χ4n) is 4.65. The molecule has 34 heavy (non-hydrogen) atoms. The van der Waals surface area contributed by atoms with Crippen LogP contribution in [0.5, 0.6) is 11.5 Å². The van der Waals surface area contributed by atoms with Crippen molar-refractivity contribution >= 4 is 26.7 Å². The fraction of sp³-hybridized carbons (Fsp3) is 0.346. The van der Waals surface area contributed by atoms with Crippen LogP contribution in [0.15, 0.2) is 65.6 Å². The first-order chi connectivity index (χ1) is 16.5. The van der Waals surface area contributed by atoms with Crippen LogP contribution < -0.4 is 14.2 Å². The normalized spacial score (nSPS) is 18.1.